The molecule has 3 heterocycles. The van der Waals surface area contributed by atoms with E-state index in [-0.39, 0.29) is 12.1 Å². The molecule has 0 fully saturated rings. The van der Waals surface area contributed by atoms with Crippen LogP contribution in [0.2, 0.25) is 0 Å². The van der Waals surface area contributed by atoms with Crippen molar-refractivity contribution in [3.63, 3.8) is 0 Å². The quantitative estimate of drug-likeness (QED) is 0.677. The van der Waals surface area contributed by atoms with Gasteiger partial charge < -0.3 is 15.0 Å². The molecule has 0 spiro atoms. The molecule has 0 bridgehead atoms. The smallest absolute Gasteiger partial charge is 0.156 e. The normalized spacial score (nSPS) is 15.4. The Bertz CT molecular complexity index is 808. The Hall–Kier alpha value is -2.45. The molecule has 3 rings (SSSR count). The van der Waals surface area contributed by atoms with E-state index in [9.17, 15) is 5.11 Å². The zero-order chi connectivity index (χ0) is 20.3. The van der Waals surface area contributed by atoms with Gasteiger partial charge in [-0.3, -0.25) is 9.99 Å². The molecule has 2 aromatic heterocycles. The minimum Gasteiger partial charge on any atom is -0.389 e. The second kappa shape index (κ2) is 8.28. The SMILES string of the molecule is CCC(NN1CN=C(NCc2cccnc2)c2ncn(C(C)C)c21)C(C)(C)O. The second-order valence-electron chi connectivity index (χ2n) is 7.95. The summed E-state index contributed by atoms with van der Waals surface area (Å²) in [7, 11) is 0. The van der Waals surface area contributed by atoms with Crippen molar-refractivity contribution in [2.75, 3.05) is 11.7 Å². The number of hydrogen-bond acceptors (Lipinski definition) is 7. The van der Waals surface area contributed by atoms with E-state index in [1.807, 2.05) is 43.5 Å². The number of pyridine rings is 1. The highest BCUT2D eigenvalue weighted by atomic mass is 16.3. The third-order valence-corrected chi connectivity index (χ3v) is 4.93. The lowest BCUT2D eigenvalue weighted by Gasteiger charge is -2.37. The first-order chi connectivity index (χ1) is 13.3. The van der Waals surface area contributed by atoms with E-state index in [2.05, 4.69) is 46.0 Å². The first-order valence-electron chi connectivity index (χ1n) is 9.81. The van der Waals surface area contributed by atoms with Gasteiger partial charge in [-0.2, -0.15) is 0 Å². The Morgan fingerprint density at radius 3 is 2.71 bits per heavy atom. The standard InChI is InChI=1S/C20H31N7O/c1-6-16(20(4,5)28)25-27-13-24-18(22-11-15-8-7-9-21-10-15)17-19(27)26(12-23-17)14(2)3/h7-10,12,14,16,25,28H,6,11,13H2,1-5H3,(H,22,24). The Balaban J connectivity index is 1.85. The number of nitrogens with one attached hydrogen (secondary N) is 2. The van der Waals surface area contributed by atoms with Gasteiger partial charge in [-0.25, -0.2) is 15.4 Å². The first-order valence-corrected chi connectivity index (χ1v) is 9.81. The van der Waals surface area contributed by atoms with Crippen LogP contribution in [0.5, 0.6) is 0 Å². The Morgan fingerprint density at radius 1 is 1.32 bits per heavy atom. The Kier molecular flexibility index (Phi) is 6.00. The average Bonchev–Trinajstić information content (AvgIpc) is 3.10. The van der Waals surface area contributed by atoms with Crippen molar-refractivity contribution in [3.05, 3.63) is 42.1 Å². The van der Waals surface area contributed by atoms with E-state index >= 15 is 0 Å². The molecule has 0 radical (unpaired) electrons. The number of aliphatic imine (C=N–C) groups is 1. The molecule has 0 saturated heterocycles. The summed E-state index contributed by atoms with van der Waals surface area (Å²) >= 11 is 0. The molecule has 2 aromatic rings. The Labute approximate surface area is 166 Å². The van der Waals surface area contributed by atoms with Crippen LogP contribution >= 0.6 is 0 Å². The molecule has 3 N–H and O–H groups in total. The van der Waals surface area contributed by atoms with Crippen LogP contribution in [0.3, 0.4) is 0 Å². The molecule has 0 amide bonds. The third-order valence-electron chi connectivity index (χ3n) is 4.93. The molecule has 0 saturated carbocycles. The maximum atomic E-state index is 10.5. The lowest BCUT2D eigenvalue weighted by Crippen LogP contribution is -2.56. The van der Waals surface area contributed by atoms with Crippen molar-refractivity contribution in [1.29, 1.82) is 0 Å². The molecule has 1 unspecified atom stereocenters. The molecule has 0 aromatic carbocycles. The van der Waals surface area contributed by atoms with E-state index in [1.54, 1.807) is 6.20 Å². The predicted molar refractivity (Wildman–Crippen MR) is 111 cm³/mol. The lowest BCUT2D eigenvalue weighted by atomic mass is 9.97. The molecule has 1 atom stereocenters. The highest BCUT2D eigenvalue weighted by Gasteiger charge is 2.32. The number of nitrogens with zero attached hydrogens (tertiary/aromatic N) is 5. The van der Waals surface area contributed by atoms with Crippen molar-refractivity contribution < 1.29 is 5.11 Å². The van der Waals surface area contributed by atoms with Gasteiger partial charge in [0, 0.05) is 25.0 Å². The molecule has 8 heteroatoms. The van der Waals surface area contributed by atoms with Gasteiger partial charge in [-0.05, 0) is 45.7 Å². The van der Waals surface area contributed by atoms with Gasteiger partial charge in [0.05, 0.1) is 18.0 Å². The fraction of sp³-hybridized carbons (Fsp3) is 0.550. The second-order valence-corrected chi connectivity index (χ2v) is 7.95. The maximum Gasteiger partial charge on any atom is 0.156 e. The number of aliphatic hydroxyl groups is 1. The molecule has 1 aliphatic rings. The van der Waals surface area contributed by atoms with Crippen LogP contribution in [0.25, 0.3) is 0 Å². The summed E-state index contributed by atoms with van der Waals surface area (Å²) in [5.41, 5.74) is 4.50. The van der Waals surface area contributed by atoms with E-state index in [0.29, 0.717) is 13.2 Å². The monoisotopic (exact) mass is 385 g/mol. The molecule has 0 aliphatic carbocycles. The summed E-state index contributed by atoms with van der Waals surface area (Å²) in [5, 5.41) is 15.9. The molecule has 8 nitrogen and oxygen atoms in total. The number of aromatic nitrogens is 3. The zero-order valence-corrected chi connectivity index (χ0v) is 17.3. The van der Waals surface area contributed by atoms with Gasteiger partial charge >= 0.3 is 0 Å². The van der Waals surface area contributed by atoms with Crippen molar-refractivity contribution >= 4 is 11.7 Å². The largest absolute Gasteiger partial charge is 0.389 e. The van der Waals surface area contributed by atoms with Crippen LogP contribution < -0.4 is 15.8 Å². The summed E-state index contributed by atoms with van der Waals surface area (Å²) in [6.45, 7) is 11.0. The van der Waals surface area contributed by atoms with Crippen LogP contribution in [0.4, 0.5) is 5.82 Å². The number of fused-ring (bicyclic) bond motifs is 1. The van der Waals surface area contributed by atoms with Crippen LogP contribution in [0.1, 0.15) is 58.3 Å². The van der Waals surface area contributed by atoms with Gasteiger partial charge in [-0.15, -0.1) is 0 Å². The molecular weight excluding hydrogens is 354 g/mol. The van der Waals surface area contributed by atoms with E-state index in [0.717, 1.165) is 29.3 Å². The topological polar surface area (TPSA) is 90.6 Å². The van der Waals surface area contributed by atoms with Crippen LogP contribution in [0.15, 0.2) is 35.8 Å². The number of hydrazine groups is 1. The summed E-state index contributed by atoms with van der Waals surface area (Å²) in [5.74, 6) is 1.73. The average molecular weight is 386 g/mol. The Morgan fingerprint density at radius 2 is 2.11 bits per heavy atom. The zero-order valence-electron chi connectivity index (χ0n) is 17.3. The molecular formula is C20H31N7O. The predicted octanol–water partition coefficient (Wildman–Crippen LogP) is 2.23. The third kappa shape index (κ3) is 4.34. The number of imidazole rings is 1. The van der Waals surface area contributed by atoms with Crippen molar-refractivity contribution in [1.82, 2.24) is 25.3 Å². The first kappa shape index (κ1) is 20.3. The minimum atomic E-state index is -0.847. The lowest BCUT2D eigenvalue weighted by molar-refractivity contribution is 0.0347. The molecule has 28 heavy (non-hydrogen) atoms. The summed E-state index contributed by atoms with van der Waals surface area (Å²) < 4.78 is 2.12. The van der Waals surface area contributed by atoms with Gasteiger partial charge in [0.15, 0.2) is 11.7 Å². The fourth-order valence-corrected chi connectivity index (χ4v) is 3.32. The summed E-state index contributed by atoms with van der Waals surface area (Å²) in [6.07, 6.45) is 6.25. The van der Waals surface area contributed by atoms with Gasteiger partial charge in [0.25, 0.3) is 0 Å². The minimum absolute atomic E-state index is 0.101. The van der Waals surface area contributed by atoms with Crippen molar-refractivity contribution in [3.8, 4) is 0 Å². The summed E-state index contributed by atoms with van der Waals surface area (Å²) in [6, 6.07) is 4.10. The van der Waals surface area contributed by atoms with Crippen LogP contribution in [-0.4, -0.2) is 43.8 Å². The fourth-order valence-electron chi connectivity index (χ4n) is 3.32. The number of rotatable bonds is 7. The van der Waals surface area contributed by atoms with Gasteiger partial charge in [-0.1, -0.05) is 13.0 Å². The highest BCUT2D eigenvalue weighted by molar-refractivity contribution is 6.02. The highest BCUT2D eigenvalue weighted by Crippen LogP contribution is 2.27. The van der Waals surface area contributed by atoms with Crippen LogP contribution in [0, 0.1) is 0 Å². The van der Waals surface area contributed by atoms with Gasteiger partial charge in [0.1, 0.15) is 12.4 Å². The molecule has 1 aliphatic heterocycles. The van der Waals surface area contributed by atoms with E-state index in [1.165, 1.54) is 0 Å². The van der Waals surface area contributed by atoms with E-state index < -0.39 is 5.60 Å². The summed E-state index contributed by atoms with van der Waals surface area (Å²) in [4.78, 5) is 13.5. The van der Waals surface area contributed by atoms with E-state index in [4.69, 9.17) is 4.99 Å². The molecule has 152 valence electrons. The van der Waals surface area contributed by atoms with Crippen LogP contribution in [-0.2, 0) is 6.54 Å². The maximum absolute atomic E-state index is 10.5. The number of hydrogen-bond donors (Lipinski definition) is 3. The van der Waals surface area contributed by atoms with Gasteiger partial charge in [0.2, 0.25) is 0 Å². The number of amidine groups is 1. The van der Waals surface area contributed by atoms with Crippen molar-refractivity contribution in [2.24, 2.45) is 4.99 Å². The van der Waals surface area contributed by atoms with Crippen molar-refractivity contribution in [2.45, 2.75) is 65.3 Å². The number of anilines is 1.